The summed E-state index contributed by atoms with van der Waals surface area (Å²) in [5.74, 6) is 2.36. The fourth-order valence-corrected chi connectivity index (χ4v) is 5.69. The lowest BCUT2D eigenvalue weighted by atomic mass is 9.79. The second kappa shape index (κ2) is 15.9. The van der Waals surface area contributed by atoms with Gasteiger partial charge in [-0.25, -0.2) is 0 Å². The number of aryl methyl sites for hydroxylation is 1. The Bertz CT molecular complexity index is 861. The molecule has 0 spiro atoms. The fraction of sp³-hybridized carbons (Fsp3) is 0.618. The highest BCUT2D eigenvalue weighted by Crippen LogP contribution is 2.33. The number of esters is 1. The zero-order chi connectivity index (χ0) is 25.6. The number of hydrogen-bond acceptors (Lipinski definition) is 2. The van der Waals surface area contributed by atoms with Crippen LogP contribution in [0.5, 0.6) is 5.75 Å². The Kier molecular flexibility index (Phi) is 12.6. The molecule has 2 aliphatic carbocycles. The van der Waals surface area contributed by atoms with Crippen LogP contribution in [0.15, 0.2) is 59.7 Å². The lowest BCUT2D eigenvalue weighted by Crippen LogP contribution is -2.22. The number of hydrogen-bond donors (Lipinski definition) is 0. The van der Waals surface area contributed by atoms with Gasteiger partial charge in [0, 0.05) is 0 Å². The van der Waals surface area contributed by atoms with Crippen LogP contribution in [0.2, 0.25) is 0 Å². The van der Waals surface area contributed by atoms with Crippen molar-refractivity contribution in [3.8, 4) is 5.75 Å². The number of allylic oxidation sites excluding steroid dienone is 6. The molecule has 0 heterocycles. The Morgan fingerprint density at radius 1 is 0.972 bits per heavy atom. The SMILES string of the molecule is CCCCCC1CCC(C=CCCc2ccc(OC(=O)C3CC=C(CCC=C(C)C)CC3)cc2)CC1. The molecule has 0 aliphatic heterocycles. The quantitative estimate of drug-likeness (QED) is 0.119. The van der Waals surface area contributed by atoms with E-state index in [0.717, 1.165) is 56.8 Å². The van der Waals surface area contributed by atoms with Gasteiger partial charge in [0.25, 0.3) is 0 Å². The third-order valence-electron chi connectivity index (χ3n) is 8.11. The van der Waals surface area contributed by atoms with E-state index in [4.69, 9.17) is 4.74 Å². The first-order valence-corrected chi connectivity index (χ1v) is 14.8. The Labute approximate surface area is 221 Å². The molecule has 0 radical (unpaired) electrons. The second-order valence-electron chi connectivity index (χ2n) is 11.5. The first kappa shape index (κ1) is 28.5. The molecule has 1 atom stereocenters. The second-order valence-corrected chi connectivity index (χ2v) is 11.5. The van der Waals surface area contributed by atoms with Gasteiger partial charge in [-0.15, -0.1) is 0 Å². The van der Waals surface area contributed by atoms with Gasteiger partial charge < -0.3 is 4.74 Å². The van der Waals surface area contributed by atoms with Crippen molar-refractivity contribution >= 4 is 5.97 Å². The number of carbonyl (C=O) groups is 1. The van der Waals surface area contributed by atoms with Gasteiger partial charge in [0.05, 0.1) is 5.92 Å². The summed E-state index contributed by atoms with van der Waals surface area (Å²) >= 11 is 0. The largest absolute Gasteiger partial charge is 0.426 e. The highest BCUT2D eigenvalue weighted by molar-refractivity contribution is 5.75. The molecule has 1 aromatic rings. The summed E-state index contributed by atoms with van der Waals surface area (Å²) in [6, 6.07) is 8.14. The van der Waals surface area contributed by atoms with Crippen molar-refractivity contribution in [2.75, 3.05) is 0 Å². The van der Waals surface area contributed by atoms with Crippen LogP contribution in [0.25, 0.3) is 0 Å². The van der Waals surface area contributed by atoms with Crippen molar-refractivity contribution in [3.63, 3.8) is 0 Å². The molecular formula is C34H50O2. The highest BCUT2D eigenvalue weighted by atomic mass is 16.5. The van der Waals surface area contributed by atoms with Crippen LogP contribution >= 0.6 is 0 Å². The Morgan fingerprint density at radius 3 is 2.42 bits per heavy atom. The average Bonchev–Trinajstić information content (AvgIpc) is 2.89. The third-order valence-corrected chi connectivity index (χ3v) is 8.11. The molecule has 1 fully saturated rings. The summed E-state index contributed by atoms with van der Waals surface area (Å²) in [6.45, 7) is 6.59. The smallest absolute Gasteiger partial charge is 0.314 e. The number of benzene rings is 1. The van der Waals surface area contributed by atoms with Gasteiger partial charge in [-0.3, -0.25) is 4.79 Å². The number of carbonyl (C=O) groups excluding carboxylic acids is 1. The lowest BCUT2D eigenvalue weighted by Gasteiger charge is -2.26. The molecule has 1 saturated carbocycles. The molecule has 2 heteroatoms. The van der Waals surface area contributed by atoms with Crippen molar-refractivity contribution in [1.29, 1.82) is 0 Å². The van der Waals surface area contributed by atoms with E-state index >= 15 is 0 Å². The molecule has 2 nitrogen and oxygen atoms in total. The van der Waals surface area contributed by atoms with Gasteiger partial charge in [-0.2, -0.15) is 0 Å². The summed E-state index contributed by atoms with van der Waals surface area (Å²) in [6.07, 6.45) is 27.7. The minimum atomic E-state index is -0.0784. The van der Waals surface area contributed by atoms with E-state index in [1.54, 1.807) is 0 Å². The van der Waals surface area contributed by atoms with Crippen molar-refractivity contribution < 1.29 is 9.53 Å². The third kappa shape index (κ3) is 10.5. The van der Waals surface area contributed by atoms with Gasteiger partial charge >= 0.3 is 5.97 Å². The molecule has 2 aliphatic rings. The Morgan fingerprint density at radius 2 is 1.75 bits per heavy atom. The lowest BCUT2D eigenvalue weighted by molar-refractivity contribution is -0.139. The number of rotatable bonds is 13. The van der Waals surface area contributed by atoms with E-state index in [1.807, 2.05) is 12.1 Å². The molecule has 0 aromatic heterocycles. The van der Waals surface area contributed by atoms with Crippen molar-refractivity contribution in [2.24, 2.45) is 17.8 Å². The fourth-order valence-electron chi connectivity index (χ4n) is 5.69. The van der Waals surface area contributed by atoms with E-state index in [0.29, 0.717) is 5.75 Å². The van der Waals surface area contributed by atoms with Crippen molar-refractivity contribution in [2.45, 2.75) is 117 Å². The minimum absolute atomic E-state index is 0.00609. The first-order valence-electron chi connectivity index (χ1n) is 14.8. The predicted octanol–water partition coefficient (Wildman–Crippen LogP) is 9.94. The molecular weight excluding hydrogens is 440 g/mol. The molecule has 198 valence electrons. The monoisotopic (exact) mass is 490 g/mol. The van der Waals surface area contributed by atoms with E-state index in [1.165, 1.54) is 68.1 Å². The maximum Gasteiger partial charge on any atom is 0.314 e. The predicted molar refractivity (Wildman–Crippen MR) is 153 cm³/mol. The van der Waals surface area contributed by atoms with Crippen molar-refractivity contribution in [1.82, 2.24) is 0 Å². The molecule has 0 saturated heterocycles. The van der Waals surface area contributed by atoms with Gasteiger partial charge in [-0.1, -0.05) is 80.2 Å². The molecule has 0 amide bonds. The average molecular weight is 491 g/mol. The molecule has 0 bridgehead atoms. The molecule has 1 aromatic carbocycles. The molecule has 36 heavy (non-hydrogen) atoms. The topological polar surface area (TPSA) is 26.3 Å². The van der Waals surface area contributed by atoms with Crippen LogP contribution in [0, 0.1) is 17.8 Å². The van der Waals surface area contributed by atoms with E-state index in [-0.39, 0.29) is 11.9 Å². The van der Waals surface area contributed by atoms with Crippen LogP contribution in [0.4, 0.5) is 0 Å². The normalized spacial score (nSPS) is 22.3. The minimum Gasteiger partial charge on any atom is -0.426 e. The van der Waals surface area contributed by atoms with Crippen LogP contribution < -0.4 is 4.74 Å². The summed E-state index contributed by atoms with van der Waals surface area (Å²) in [5, 5.41) is 0. The summed E-state index contributed by atoms with van der Waals surface area (Å²) in [7, 11) is 0. The van der Waals surface area contributed by atoms with Crippen LogP contribution in [0.3, 0.4) is 0 Å². The number of unbranched alkanes of at least 4 members (excludes halogenated alkanes) is 2. The van der Waals surface area contributed by atoms with E-state index in [2.05, 4.69) is 57.2 Å². The zero-order valence-electron chi connectivity index (χ0n) is 23.3. The van der Waals surface area contributed by atoms with Gasteiger partial charge in [0.1, 0.15) is 5.75 Å². The van der Waals surface area contributed by atoms with Gasteiger partial charge in [0.2, 0.25) is 0 Å². The maximum atomic E-state index is 12.6. The van der Waals surface area contributed by atoms with Crippen LogP contribution in [0.1, 0.15) is 116 Å². The summed E-state index contributed by atoms with van der Waals surface area (Å²) < 4.78 is 5.71. The molecule has 3 rings (SSSR count). The Balaban J connectivity index is 1.32. The van der Waals surface area contributed by atoms with Gasteiger partial charge in [0.15, 0.2) is 0 Å². The van der Waals surface area contributed by atoms with E-state index < -0.39 is 0 Å². The maximum absolute atomic E-state index is 12.6. The highest BCUT2D eigenvalue weighted by Gasteiger charge is 2.23. The zero-order valence-corrected chi connectivity index (χ0v) is 23.3. The van der Waals surface area contributed by atoms with E-state index in [9.17, 15) is 4.79 Å². The van der Waals surface area contributed by atoms with Crippen molar-refractivity contribution in [3.05, 3.63) is 65.3 Å². The molecule has 1 unspecified atom stereocenters. The Hall–Kier alpha value is -2.09. The summed E-state index contributed by atoms with van der Waals surface area (Å²) in [4.78, 5) is 12.6. The van der Waals surface area contributed by atoms with Crippen LogP contribution in [-0.2, 0) is 11.2 Å². The summed E-state index contributed by atoms with van der Waals surface area (Å²) in [5.41, 5.74) is 4.17. The molecule has 0 N–H and O–H groups in total. The number of ether oxygens (including phenoxy) is 1. The van der Waals surface area contributed by atoms with Crippen LogP contribution in [-0.4, -0.2) is 5.97 Å². The standard InChI is InChI=1S/C34H50O2/c1-4-5-6-11-28-15-17-29(18-16-28)12-7-8-13-30-21-25-33(26-22-30)36-34(35)32-23-19-31(20-24-32)14-9-10-27(2)3/h7,10,12,19,21-22,25-26,28-29,32H,4-6,8-9,11,13-18,20,23-24H2,1-3H3. The first-order chi connectivity index (χ1) is 17.5. The van der Waals surface area contributed by atoms with Gasteiger partial charge in [-0.05, 0) is 114 Å².